The van der Waals surface area contributed by atoms with Crippen molar-refractivity contribution in [2.24, 2.45) is 0 Å². The van der Waals surface area contributed by atoms with Gasteiger partial charge in [-0.2, -0.15) is 13.2 Å². The van der Waals surface area contributed by atoms with E-state index in [9.17, 15) is 18.0 Å². The van der Waals surface area contributed by atoms with Crippen LogP contribution in [-0.2, 0) is 12.7 Å². The fraction of sp³-hybridized carbons (Fsp3) is 0.276. The van der Waals surface area contributed by atoms with Crippen LogP contribution in [0.3, 0.4) is 0 Å². The number of pyridine rings is 1. The van der Waals surface area contributed by atoms with Gasteiger partial charge in [-0.25, -0.2) is 4.98 Å². The second-order valence-electron chi connectivity index (χ2n) is 9.84. The van der Waals surface area contributed by atoms with Crippen molar-refractivity contribution in [3.63, 3.8) is 0 Å². The van der Waals surface area contributed by atoms with Crippen LogP contribution in [0, 0.1) is 6.92 Å². The van der Waals surface area contributed by atoms with Gasteiger partial charge in [-0.3, -0.25) is 14.7 Å². The summed E-state index contributed by atoms with van der Waals surface area (Å²) >= 11 is 1.43. The number of piperazine rings is 1. The molecule has 1 aliphatic rings. The first kappa shape index (κ1) is 27.8. The molecule has 0 unspecified atom stereocenters. The molecule has 0 saturated carbocycles. The number of nitrogens with zero attached hydrogens (tertiary/aromatic N) is 4. The Morgan fingerprint density at radius 3 is 2.60 bits per heavy atom. The highest BCUT2D eigenvalue weighted by Crippen LogP contribution is 2.34. The molecule has 40 heavy (non-hydrogen) atoms. The Labute approximate surface area is 234 Å². The number of aromatic nitrogens is 2. The summed E-state index contributed by atoms with van der Waals surface area (Å²) in [7, 11) is 2.00. The molecule has 0 bridgehead atoms. The number of nitrogens with one attached hydrogen (secondary N) is 2. The van der Waals surface area contributed by atoms with E-state index in [4.69, 9.17) is 0 Å². The van der Waals surface area contributed by atoms with Gasteiger partial charge in [0.05, 0.1) is 11.3 Å². The highest BCUT2D eigenvalue weighted by atomic mass is 32.1. The van der Waals surface area contributed by atoms with Crippen LogP contribution in [0.1, 0.15) is 27.0 Å². The van der Waals surface area contributed by atoms with Gasteiger partial charge in [0.1, 0.15) is 0 Å². The monoisotopic (exact) mass is 566 g/mol. The number of carbonyl (C=O) groups excluding carboxylic acids is 1. The molecule has 1 aliphatic heterocycles. The van der Waals surface area contributed by atoms with Crippen molar-refractivity contribution in [2.45, 2.75) is 19.6 Å². The molecule has 11 heteroatoms. The number of hydrogen-bond acceptors (Lipinski definition) is 7. The summed E-state index contributed by atoms with van der Waals surface area (Å²) in [5.74, 6) is -0.612. The number of halogens is 3. The Hall–Kier alpha value is -3.80. The van der Waals surface area contributed by atoms with Crippen molar-refractivity contribution in [2.75, 3.05) is 43.9 Å². The number of alkyl halides is 3. The fourth-order valence-electron chi connectivity index (χ4n) is 4.50. The topological polar surface area (TPSA) is 73.4 Å². The SMILES string of the molecule is Cc1ccc(NC(=O)c2ccc(CN3CCN(C)CC3)c(C(F)(F)F)c2)cc1Nc1nc(-c2cccnc2)cs1. The lowest BCUT2D eigenvalue weighted by Crippen LogP contribution is -2.44. The lowest BCUT2D eigenvalue weighted by atomic mass is 10.0. The molecule has 7 nitrogen and oxygen atoms in total. The van der Waals surface area contributed by atoms with Crippen LogP contribution in [0.4, 0.5) is 29.7 Å². The number of hydrogen-bond donors (Lipinski definition) is 2. The van der Waals surface area contributed by atoms with Crippen molar-refractivity contribution in [1.82, 2.24) is 19.8 Å². The summed E-state index contributed by atoms with van der Waals surface area (Å²) in [6.07, 6.45) is -1.13. The zero-order valence-electron chi connectivity index (χ0n) is 22.1. The van der Waals surface area contributed by atoms with Crippen molar-refractivity contribution in [3.8, 4) is 11.3 Å². The van der Waals surface area contributed by atoms with E-state index in [1.165, 1.54) is 23.5 Å². The van der Waals surface area contributed by atoms with Crippen LogP contribution in [0.15, 0.2) is 66.3 Å². The molecule has 0 spiro atoms. The van der Waals surface area contributed by atoms with E-state index in [1.54, 1.807) is 24.5 Å². The molecular weight excluding hydrogens is 537 g/mol. The summed E-state index contributed by atoms with van der Waals surface area (Å²) in [6, 6.07) is 12.9. The maximum atomic E-state index is 14.0. The molecule has 2 aromatic carbocycles. The molecule has 2 N–H and O–H groups in total. The smallest absolute Gasteiger partial charge is 0.331 e. The Morgan fingerprint density at radius 2 is 1.88 bits per heavy atom. The first-order valence-corrected chi connectivity index (χ1v) is 13.7. The highest BCUT2D eigenvalue weighted by molar-refractivity contribution is 7.14. The third-order valence-electron chi connectivity index (χ3n) is 6.87. The van der Waals surface area contributed by atoms with Gasteiger partial charge in [-0.1, -0.05) is 12.1 Å². The number of aryl methyl sites for hydroxylation is 1. The zero-order chi connectivity index (χ0) is 28.3. The fourth-order valence-corrected chi connectivity index (χ4v) is 5.23. The van der Waals surface area contributed by atoms with Gasteiger partial charge >= 0.3 is 6.18 Å². The first-order valence-electron chi connectivity index (χ1n) is 12.8. The van der Waals surface area contributed by atoms with E-state index in [0.29, 0.717) is 23.9 Å². The van der Waals surface area contributed by atoms with Crippen molar-refractivity contribution in [3.05, 3.63) is 88.6 Å². The molecule has 5 rings (SSSR count). The summed E-state index contributed by atoms with van der Waals surface area (Å²) in [5, 5.41) is 8.60. The average Bonchev–Trinajstić information content (AvgIpc) is 3.40. The van der Waals surface area contributed by atoms with Crippen LogP contribution >= 0.6 is 11.3 Å². The minimum absolute atomic E-state index is 0.0504. The molecule has 1 amide bonds. The van der Waals surface area contributed by atoms with Crippen molar-refractivity contribution < 1.29 is 18.0 Å². The molecule has 0 atom stereocenters. The molecule has 0 radical (unpaired) electrons. The van der Waals surface area contributed by atoms with Gasteiger partial charge in [0.2, 0.25) is 0 Å². The molecule has 4 aromatic rings. The Balaban J connectivity index is 1.31. The Bertz CT molecular complexity index is 1480. The molecule has 0 aliphatic carbocycles. The number of anilines is 3. The maximum absolute atomic E-state index is 14.0. The number of rotatable bonds is 7. The molecule has 1 saturated heterocycles. The van der Waals surface area contributed by atoms with E-state index in [1.807, 2.05) is 42.5 Å². The summed E-state index contributed by atoms with van der Waals surface area (Å²) < 4.78 is 41.9. The summed E-state index contributed by atoms with van der Waals surface area (Å²) in [5.41, 5.74) is 3.13. The minimum atomic E-state index is -4.57. The van der Waals surface area contributed by atoms with E-state index in [0.717, 1.165) is 41.7 Å². The average molecular weight is 567 g/mol. The predicted octanol–water partition coefficient (Wildman–Crippen LogP) is 6.28. The van der Waals surface area contributed by atoms with Crippen molar-refractivity contribution >= 4 is 33.8 Å². The third kappa shape index (κ3) is 6.67. The molecular formula is C29H29F3N6OS. The first-order chi connectivity index (χ1) is 19.2. The van der Waals surface area contributed by atoms with E-state index in [-0.39, 0.29) is 17.7 Å². The van der Waals surface area contributed by atoms with Gasteiger partial charge in [0, 0.05) is 73.0 Å². The van der Waals surface area contributed by atoms with E-state index >= 15 is 0 Å². The second kappa shape index (κ2) is 11.7. The van der Waals surface area contributed by atoms with Crippen LogP contribution in [0.25, 0.3) is 11.3 Å². The second-order valence-corrected chi connectivity index (χ2v) is 10.7. The number of carbonyl (C=O) groups is 1. The third-order valence-corrected chi connectivity index (χ3v) is 7.62. The highest BCUT2D eigenvalue weighted by Gasteiger charge is 2.34. The Morgan fingerprint density at radius 1 is 1.07 bits per heavy atom. The lowest BCUT2D eigenvalue weighted by Gasteiger charge is -2.33. The largest absolute Gasteiger partial charge is 0.416 e. The maximum Gasteiger partial charge on any atom is 0.416 e. The van der Waals surface area contributed by atoms with Crippen LogP contribution < -0.4 is 10.6 Å². The minimum Gasteiger partial charge on any atom is -0.331 e. The standard InChI is InChI=1S/C29H29F3N6OS/c1-19-5-8-23(15-25(19)35-28-36-26(18-40-28)21-4-3-9-33-16-21)34-27(39)20-6-7-22(24(14-20)29(30,31)32)17-38-12-10-37(2)11-13-38/h3-9,14-16,18H,10-13,17H2,1-2H3,(H,34,39)(H,35,36). The van der Waals surface area contributed by atoms with Gasteiger partial charge in [-0.15, -0.1) is 11.3 Å². The van der Waals surface area contributed by atoms with E-state index in [2.05, 4.69) is 25.5 Å². The summed E-state index contributed by atoms with van der Waals surface area (Å²) in [4.78, 5) is 25.9. The van der Waals surface area contributed by atoms with Gasteiger partial charge in [-0.05, 0) is 61.5 Å². The normalized spacial score (nSPS) is 14.7. The number of thiazole rings is 1. The molecule has 1 fully saturated rings. The van der Waals surface area contributed by atoms with Gasteiger partial charge in [0.25, 0.3) is 5.91 Å². The number of amides is 1. The molecule has 3 heterocycles. The van der Waals surface area contributed by atoms with Gasteiger partial charge < -0.3 is 15.5 Å². The molecule has 2 aromatic heterocycles. The Kier molecular flexibility index (Phi) is 8.15. The van der Waals surface area contributed by atoms with Crippen LogP contribution in [-0.4, -0.2) is 58.9 Å². The van der Waals surface area contributed by atoms with Crippen LogP contribution in [0.5, 0.6) is 0 Å². The van der Waals surface area contributed by atoms with E-state index < -0.39 is 17.6 Å². The lowest BCUT2D eigenvalue weighted by molar-refractivity contribution is -0.138. The van der Waals surface area contributed by atoms with Gasteiger partial charge in [0.15, 0.2) is 5.13 Å². The van der Waals surface area contributed by atoms with Crippen molar-refractivity contribution in [1.29, 1.82) is 0 Å². The summed E-state index contributed by atoms with van der Waals surface area (Å²) in [6.45, 7) is 5.12. The zero-order valence-corrected chi connectivity index (χ0v) is 22.9. The number of likely N-dealkylation sites (N-methyl/N-ethyl adjacent to an activating group) is 1. The molecule has 208 valence electrons. The number of benzene rings is 2. The predicted molar refractivity (Wildman–Crippen MR) is 152 cm³/mol. The van der Waals surface area contributed by atoms with Crippen LogP contribution in [0.2, 0.25) is 0 Å². The quantitative estimate of drug-likeness (QED) is 0.275.